The first-order chi connectivity index (χ1) is 15.3. The summed E-state index contributed by atoms with van der Waals surface area (Å²) in [6.07, 6.45) is 2.58. The van der Waals surface area contributed by atoms with Crippen molar-refractivity contribution < 1.29 is 27.8 Å². The number of halogens is 3. The molecule has 1 saturated heterocycles. The van der Waals surface area contributed by atoms with Gasteiger partial charge in [-0.15, -0.1) is 0 Å². The van der Waals surface area contributed by atoms with Gasteiger partial charge in [0, 0.05) is 31.6 Å². The summed E-state index contributed by atoms with van der Waals surface area (Å²) in [7, 11) is 0. The number of rotatable bonds is 4. The number of ether oxygens (including phenoxy) is 1. The minimum Gasteiger partial charge on any atom is -0.388 e. The molecule has 1 unspecified atom stereocenters. The number of carbonyl (C=O) groups excluding carboxylic acids is 1. The minimum absolute atomic E-state index is 0.0843. The summed E-state index contributed by atoms with van der Waals surface area (Å²) in [6, 6.07) is 2.06. The number of alkyl halides is 3. The van der Waals surface area contributed by atoms with E-state index in [1.807, 2.05) is 6.20 Å². The predicted octanol–water partition coefficient (Wildman–Crippen LogP) is 2.43. The zero-order chi connectivity index (χ0) is 22.5. The first-order valence-electron chi connectivity index (χ1n) is 10.2. The molecular formula is C21H20F3N5O3. The third-order valence-electron chi connectivity index (χ3n) is 6.06. The fourth-order valence-corrected chi connectivity index (χ4v) is 4.06. The molecular weight excluding hydrogens is 427 g/mol. The van der Waals surface area contributed by atoms with Crippen LogP contribution in [0.4, 0.5) is 13.2 Å². The fourth-order valence-electron chi connectivity index (χ4n) is 4.06. The van der Waals surface area contributed by atoms with Crippen LogP contribution in [0.25, 0.3) is 5.65 Å². The van der Waals surface area contributed by atoms with Crippen molar-refractivity contribution in [3.05, 3.63) is 59.3 Å². The summed E-state index contributed by atoms with van der Waals surface area (Å²) in [5.74, 6) is -0.0753. The van der Waals surface area contributed by atoms with Gasteiger partial charge in [-0.3, -0.25) is 9.78 Å². The quantitative estimate of drug-likeness (QED) is 0.637. The Balaban J connectivity index is 1.48. The van der Waals surface area contributed by atoms with Crippen molar-refractivity contribution in [2.24, 2.45) is 0 Å². The zero-order valence-electron chi connectivity index (χ0n) is 16.8. The van der Waals surface area contributed by atoms with Gasteiger partial charge in [0.05, 0.1) is 18.3 Å². The van der Waals surface area contributed by atoms with Crippen LogP contribution in [0.15, 0.2) is 36.9 Å². The highest BCUT2D eigenvalue weighted by Crippen LogP contribution is 2.39. The molecule has 168 valence electrons. The summed E-state index contributed by atoms with van der Waals surface area (Å²) >= 11 is 0. The first kappa shape index (κ1) is 20.8. The zero-order valence-corrected chi connectivity index (χ0v) is 16.8. The lowest BCUT2D eigenvalue weighted by Gasteiger charge is -2.42. The number of hydrogen-bond acceptors (Lipinski definition) is 6. The molecule has 1 aliphatic heterocycles. The van der Waals surface area contributed by atoms with Gasteiger partial charge in [-0.2, -0.15) is 18.3 Å². The Morgan fingerprint density at radius 3 is 2.69 bits per heavy atom. The summed E-state index contributed by atoms with van der Waals surface area (Å²) in [6.45, 7) is 0.120. The maximum absolute atomic E-state index is 13.2. The minimum atomic E-state index is -4.59. The summed E-state index contributed by atoms with van der Waals surface area (Å²) in [4.78, 5) is 21.1. The van der Waals surface area contributed by atoms with Crippen molar-refractivity contribution in [1.29, 1.82) is 0 Å². The van der Waals surface area contributed by atoms with E-state index in [4.69, 9.17) is 4.74 Å². The molecule has 2 fully saturated rings. The van der Waals surface area contributed by atoms with Gasteiger partial charge in [-0.1, -0.05) is 6.07 Å². The summed E-state index contributed by atoms with van der Waals surface area (Å²) in [5.41, 5.74) is -0.550. The Morgan fingerprint density at radius 2 is 2.03 bits per heavy atom. The summed E-state index contributed by atoms with van der Waals surface area (Å²) in [5, 5.41) is 17.8. The maximum Gasteiger partial charge on any atom is 0.433 e. The van der Waals surface area contributed by atoms with Gasteiger partial charge in [-0.05, 0) is 36.0 Å². The van der Waals surface area contributed by atoms with Gasteiger partial charge in [-0.25, -0.2) is 9.50 Å². The third kappa shape index (κ3) is 3.61. The molecule has 2 aliphatic rings. The van der Waals surface area contributed by atoms with Crippen molar-refractivity contribution in [3.8, 4) is 0 Å². The third-order valence-corrected chi connectivity index (χ3v) is 6.06. The molecule has 5 rings (SSSR count). The smallest absolute Gasteiger partial charge is 0.388 e. The fraction of sp³-hybridized carbons (Fsp3) is 0.429. The number of nitrogens with one attached hydrogen (secondary N) is 1. The second kappa shape index (κ2) is 7.52. The number of amides is 1. The van der Waals surface area contributed by atoms with E-state index < -0.39 is 29.4 Å². The molecule has 1 amide bonds. The van der Waals surface area contributed by atoms with E-state index in [-0.39, 0.29) is 30.8 Å². The van der Waals surface area contributed by atoms with Crippen molar-refractivity contribution in [2.75, 3.05) is 13.2 Å². The number of aliphatic hydroxyl groups excluding tert-OH is 1. The van der Waals surface area contributed by atoms with Crippen molar-refractivity contribution in [2.45, 2.75) is 43.0 Å². The molecule has 0 radical (unpaired) electrons. The molecule has 32 heavy (non-hydrogen) atoms. The van der Waals surface area contributed by atoms with E-state index in [1.165, 1.54) is 16.8 Å². The van der Waals surface area contributed by atoms with Crippen molar-refractivity contribution in [3.63, 3.8) is 0 Å². The monoisotopic (exact) mass is 447 g/mol. The van der Waals surface area contributed by atoms with Gasteiger partial charge < -0.3 is 15.2 Å². The average molecular weight is 447 g/mol. The molecule has 2 atom stereocenters. The lowest BCUT2D eigenvalue weighted by molar-refractivity contribution is -0.141. The number of nitrogens with zero attached hydrogens (tertiary/aromatic N) is 4. The predicted molar refractivity (Wildman–Crippen MR) is 105 cm³/mol. The number of aliphatic hydroxyl groups is 1. The molecule has 0 bridgehead atoms. The van der Waals surface area contributed by atoms with E-state index in [0.717, 1.165) is 30.7 Å². The van der Waals surface area contributed by atoms with Crippen molar-refractivity contribution in [1.82, 2.24) is 24.9 Å². The standard InChI is InChI=1S/C21H20F3N5O3/c22-21(23,24)16-4-3-14(8-25-16)20(5-6-32-11-17(20)30)28-19(31)15-9-27-29-10-13(12-1-2-12)7-26-18(15)29/h3-4,7-10,12,17,30H,1-2,5-6,11H2,(H,28,31)/t17?,20-/m1/s1. The lowest BCUT2D eigenvalue weighted by Crippen LogP contribution is -2.58. The normalized spacial score (nSPS) is 23.9. The van der Waals surface area contributed by atoms with Crippen LogP contribution in [0.2, 0.25) is 0 Å². The molecule has 0 spiro atoms. The van der Waals surface area contributed by atoms with Gasteiger partial charge >= 0.3 is 6.18 Å². The van der Waals surface area contributed by atoms with Crippen LogP contribution in [-0.4, -0.2) is 49.9 Å². The van der Waals surface area contributed by atoms with Gasteiger partial charge in [0.25, 0.3) is 5.91 Å². The molecule has 1 saturated carbocycles. The SMILES string of the molecule is O=C(N[C@@]1(c2ccc(C(F)(F)F)nc2)CCOCC1O)c1cnn2cc(C3CC3)cnc12. The largest absolute Gasteiger partial charge is 0.433 e. The number of pyridine rings is 1. The van der Waals surface area contributed by atoms with E-state index in [0.29, 0.717) is 11.6 Å². The van der Waals surface area contributed by atoms with Crippen LogP contribution >= 0.6 is 0 Å². The Morgan fingerprint density at radius 1 is 1.22 bits per heavy atom. The lowest BCUT2D eigenvalue weighted by atomic mass is 9.81. The molecule has 0 aromatic carbocycles. The van der Waals surface area contributed by atoms with Crippen LogP contribution in [0.5, 0.6) is 0 Å². The second-order valence-corrected chi connectivity index (χ2v) is 8.18. The Bertz CT molecular complexity index is 1160. The van der Waals surface area contributed by atoms with E-state index >= 15 is 0 Å². The molecule has 3 aromatic heterocycles. The number of hydrogen-bond donors (Lipinski definition) is 2. The number of fused-ring (bicyclic) bond motifs is 1. The maximum atomic E-state index is 13.2. The van der Waals surface area contributed by atoms with Gasteiger partial charge in [0.1, 0.15) is 17.4 Å². The molecule has 3 aromatic rings. The molecule has 4 heterocycles. The van der Waals surface area contributed by atoms with E-state index in [9.17, 15) is 23.1 Å². The Kier molecular flexibility index (Phi) is 4.90. The molecule has 1 aliphatic carbocycles. The Labute approximate surface area is 180 Å². The Hall–Kier alpha value is -3.05. The van der Waals surface area contributed by atoms with Gasteiger partial charge in [0.15, 0.2) is 5.65 Å². The molecule has 11 heteroatoms. The van der Waals surface area contributed by atoms with Crippen LogP contribution in [0, 0.1) is 0 Å². The topological polar surface area (TPSA) is 102 Å². The number of carbonyl (C=O) groups is 1. The summed E-state index contributed by atoms with van der Waals surface area (Å²) < 4.78 is 45.7. The first-order valence-corrected chi connectivity index (χ1v) is 10.2. The molecule has 2 N–H and O–H groups in total. The van der Waals surface area contributed by atoms with Gasteiger partial charge in [0.2, 0.25) is 0 Å². The highest BCUT2D eigenvalue weighted by molar-refractivity contribution is 6.00. The van der Waals surface area contributed by atoms with Crippen LogP contribution in [0.1, 0.15) is 52.4 Å². The highest BCUT2D eigenvalue weighted by atomic mass is 19.4. The van der Waals surface area contributed by atoms with E-state index in [1.54, 1.807) is 6.20 Å². The van der Waals surface area contributed by atoms with Crippen LogP contribution in [0.3, 0.4) is 0 Å². The number of aromatic nitrogens is 4. The average Bonchev–Trinajstić information content (AvgIpc) is 3.53. The molecule has 8 nitrogen and oxygen atoms in total. The van der Waals surface area contributed by atoms with Crippen LogP contribution < -0.4 is 5.32 Å². The van der Waals surface area contributed by atoms with Crippen molar-refractivity contribution >= 4 is 11.6 Å². The van der Waals surface area contributed by atoms with Crippen LogP contribution in [-0.2, 0) is 16.5 Å². The highest BCUT2D eigenvalue weighted by Gasteiger charge is 2.45. The second-order valence-electron chi connectivity index (χ2n) is 8.18. The van der Waals surface area contributed by atoms with E-state index in [2.05, 4.69) is 20.4 Å².